The first-order valence-corrected chi connectivity index (χ1v) is 9.40. The number of ether oxygens (including phenoxy) is 1. The van der Waals surface area contributed by atoms with Gasteiger partial charge in [-0.15, -0.1) is 0 Å². The molecule has 0 bridgehead atoms. The average Bonchev–Trinajstić information content (AvgIpc) is 3.24. The van der Waals surface area contributed by atoms with Gasteiger partial charge in [-0.05, 0) is 35.7 Å². The fourth-order valence-corrected chi connectivity index (χ4v) is 3.51. The summed E-state index contributed by atoms with van der Waals surface area (Å²) in [6.45, 7) is 5.98. The Kier molecular flexibility index (Phi) is 5.34. The number of morpholine rings is 1. The highest BCUT2D eigenvalue weighted by Gasteiger charge is 2.16. The van der Waals surface area contributed by atoms with Crippen molar-refractivity contribution in [1.29, 1.82) is 0 Å². The van der Waals surface area contributed by atoms with Crippen LogP contribution in [0.4, 0.5) is 0 Å². The zero-order chi connectivity index (χ0) is 18.6. The van der Waals surface area contributed by atoms with Crippen molar-refractivity contribution < 1.29 is 9.84 Å². The van der Waals surface area contributed by atoms with Gasteiger partial charge in [0, 0.05) is 37.6 Å². The molecule has 140 valence electrons. The van der Waals surface area contributed by atoms with Gasteiger partial charge in [-0.1, -0.05) is 36.4 Å². The van der Waals surface area contributed by atoms with Crippen LogP contribution in [0.1, 0.15) is 17.2 Å². The topological polar surface area (TPSA) is 50.5 Å². The first-order chi connectivity index (χ1) is 13.2. The van der Waals surface area contributed by atoms with Gasteiger partial charge in [0.2, 0.25) is 0 Å². The minimum absolute atomic E-state index is 0.485. The van der Waals surface area contributed by atoms with Gasteiger partial charge in [-0.25, -0.2) is 4.68 Å². The Morgan fingerprint density at radius 1 is 1.11 bits per heavy atom. The van der Waals surface area contributed by atoms with Crippen LogP contribution < -0.4 is 0 Å². The third-order valence-electron chi connectivity index (χ3n) is 5.05. The standard InChI is InChI=1S/C22H25N3O2/c1-17-3-8-20(21(15-17)25-10-2-9-23-25)18-4-6-19(7-5-18)22(26)16-24-11-13-27-14-12-24/h2-10,15,22,26H,11-14,16H2,1H3. The van der Waals surface area contributed by atoms with Crippen molar-refractivity contribution in [3.8, 4) is 16.8 Å². The van der Waals surface area contributed by atoms with E-state index in [0.29, 0.717) is 6.54 Å². The molecule has 0 radical (unpaired) electrons. The van der Waals surface area contributed by atoms with Crippen LogP contribution in [0.3, 0.4) is 0 Å². The van der Waals surface area contributed by atoms with E-state index in [1.807, 2.05) is 29.1 Å². The number of β-amino-alcohol motifs (C(OH)–C–C–N with tert-alkyl or cyclic N) is 1. The Balaban J connectivity index is 1.56. The summed E-state index contributed by atoms with van der Waals surface area (Å²) in [5.74, 6) is 0. The number of benzene rings is 2. The number of nitrogens with zero attached hydrogens (tertiary/aromatic N) is 3. The van der Waals surface area contributed by atoms with E-state index in [1.165, 1.54) is 5.56 Å². The Morgan fingerprint density at radius 2 is 1.89 bits per heavy atom. The molecule has 1 fully saturated rings. The molecule has 4 rings (SSSR count). The minimum Gasteiger partial charge on any atom is -0.387 e. The molecule has 2 heterocycles. The highest BCUT2D eigenvalue weighted by atomic mass is 16.5. The van der Waals surface area contributed by atoms with Crippen LogP contribution in [0, 0.1) is 6.92 Å². The third kappa shape index (κ3) is 4.11. The molecular formula is C22H25N3O2. The van der Waals surface area contributed by atoms with Crippen LogP contribution in [0.25, 0.3) is 16.8 Å². The lowest BCUT2D eigenvalue weighted by atomic mass is 9.99. The molecule has 0 saturated carbocycles. The van der Waals surface area contributed by atoms with E-state index in [2.05, 4.69) is 47.3 Å². The molecule has 1 saturated heterocycles. The van der Waals surface area contributed by atoms with Gasteiger partial charge in [0.15, 0.2) is 0 Å². The molecule has 1 N–H and O–H groups in total. The summed E-state index contributed by atoms with van der Waals surface area (Å²) in [6, 6.07) is 16.5. The molecular weight excluding hydrogens is 338 g/mol. The second kappa shape index (κ2) is 8.05. The lowest BCUT2D eigenvalue weighted by molar-refractivity contribution is 0.0143. The van der Waals surface area contributed by atoms with Gasteiger partial charge in [0.25, 0.3) is 0 Å². The molecule has 1 aliphatic heterocycles. The van der Waals surface area contributed by atoms with E-state index in [-0.39, 0.29) is 0 Å². The van der Waals surface area contributed by atoms with E-state index >= 15 is 0 Å². The summed E-state index contributed by atoms with van der Waals surface area (Å²) in [6.07, 6.45) is 3.26. The fraction of sp³-hybridized carbons (Fsp3) is 0.318. The monoisotopic (exact) mass is 363 g/mol. The van der Waals surface area contributed by atoms with Crippen molar-refractivity contribution in [3.63, 3.8) is 0 Å². The van der Waals surface area contributed by atoms with Crippen molar-refractivity contribution in [2.45, 2.75) is 13.0 Å². The molecule has 2 aromatic carbocycles. The van der Waals surface area contributed by atoms with E-state index in [0.717, 1.165) is 48.7 Å². The summed E-state index contributed by atoms with van der Waals surface area (Å²) in [7, 11) is 0. The third-order valence-corrected chi connectivity index (χ3v) is 5.05. The number of hydrogen-bond acceptors (Lipinski definition) is 4. The van der Waals surface area contributed by atoms with Crippen LogP contribution in [-0.4, -0.2) is 52.6 Å². The normalized spacial score (nSPS) is 16.4. The Hall–Kier alpha value is -2.47. The summed E-state index contributed by atoms with van der Waals surface area (Å²) < 4.78 is 7.26. The second-order valence-electron chi connectivity index (χ2n) is 7.02. The summed E-state index contributed by atoms with van der Waals surface area (Å²) in [5.41, 5.74) is 5.43. The highest BCUT2D eigenvalue weighted by molar-refractivity contribution is 5.73. The smallest absolute Gasteiger partial charge is 0.0916 e. The van der Waals surface area contributed by atoms with Crippen molar-refractivity contribution >= 4 is 0 Å². The largest absolute Gasteiger partial charge is 0.387 e. The molecule has 0 spiro atoms. The number of aliphatic hydroxyl groups is 1. The molecule has 5 heteroatoms. The molecule has 0 amide bonds. The molecule has 1 atom stereocenters. The number of aromatic nitrogens is 2. The van der Waals surface area contributed by atoms with E-state index in [4.69, 9.17) is 4.74 Å². The zero-order valence-corrected chi connectivity index (χ0v) is 15.6. The van der Waals surface area contributed by atoms with Crippen LogP contribution in [-0.2, 0) is 4.74 Å². The van der Waals surface area contributed by atoms with Crippen LogP contribution in [0.15, 0.2) is 60.9 Å². The van der Waals surface area contributed by atoms with Gasteiger partial charge >= 0.3 is 0 Å². The molecule has 5 nitrogen and oxygen atoms in total. The quantitative estimate of drug-likeness (QED) is 0.756. The van der Waals surface area contributed by atoms with Gasteiger partial charge in [0.1, 0.15) is 0 Å². The highest BCUT2D eigenvalue weighted by Crippen LogP contribution is 2.29. The van der Waals surface area contributed by atoms with Crippen molar-refractivity contribution in [3.05, 3.63) is 72.1 Å². The Labute approximate surface area is 159 Å². The summed E-state index contributed by atoms with van der Waals surface area (Å²) in [5, 5.41) is 15.0. The number of rotatable bonds is 5. The molecule has 27 heavy (non-hydrogen) atoms. The van der Waals surface area contributed by atoms with Gasteiger partial charge < -0.3 is 9.84 Å². The number of aryl methyl sites for hydroxylation is 1. The SMILES string of the molecule is Cc1ccc(-c2ccc(C(O)CN3CCOCC3)cc2)c(-n2cccn2)c1. The Morgan fingerprint density at radius 3 is 2.59 bits per heavy atom. The van der Waals surface area contributed by atoms with Gasteiger partial charge in [-0.3, -0.25) is 4.90 Å². The maximum Gasteiger partial charge on any atom is 0.0916 e. The lowest BCUT2D eigenvalue weighted by Crippen LogP contribution is -2.38. The average molecular weight is 363 g/mol. The second-order valence-corrected chi connectivity index (χ2v) is 7.02. The maximum atomic E-state index is 10.6. The van der Waals surface area contributed by atoms with Crippen LogP contribution >= 0.6 is 0 Å². The van der Waals surface area contributed by atoms with E-state index < -0.39 is 6.10 Å². The van der Waals surface area contributed by atoms with E-state index in [1.54, 1.807) is 6.20 Å². The van der Waals surface area contributed by atoms with Crippen molar-refractivity contribution in [2.24, 2.45) is 0 Å². The summed E-state index contributed by atoms with van der Waals surface area (Å²) in [4.78, 5) is 2.25. The summed E-state index contributed by atoms with van der Waals surface area (Å²) >= 11 is 0. The molecule has 1 unspecified atom stereocenters. The number of hydrogen-bond donors (Lipinski definition) is 1. The van der Waals surface area contributed by atoms with Crippen molar-refractivity contribution in [1.82, 2.24) is 14.7 Å². The van der Waals surface area contributed by atoms with Crippen LogP contribution in [0.2, 0.25) is 0 Å². The predicted molar refractivity (Wildman–Crippen MR) is 106 cm³/mol. The van der Waals surface area contributed by atoms with E-state index in [9.17, 15) is 5.11 Å². The number of aliphatic hydroxyl groups excluding tert-OH is 1. The molecule has 3 aromatic rings. The van der Waals surface area contributed by atoms with Gasteiger partial charge in [-0.2, -0.15) is 5.10 Å². The first-order valence-electron chi connectivity index (χ1n) is 9.40. The Bertz CT molecular complexity index is 869. The molecule has 1 aliphatic rings. The maximum absolute atomic E-state index is 10.6. The fourth-order valence-electron chi connectivity index (χ4n) is 3.51. The van der Waals surface area contributed by atoms with Gasteiger partial charge in [0.05, 0.1) is 25.0 Å². The minimum atomic E-state index is -0.485. The molecule has 0 aliphatic carbocycles. The lowest BCUT2D eigenvalue weighted by Gasteiger charge is -2.28. The first kappa shape index (κ1) is 17.9. The predicted octanol–water partition coefficient (Wildman–Crippen LogP) is 3.21. The zero-order valence-electron chi connectivity index (χ0n) is 15.6. The van der Waals surface area contributed by atoms with Crippen LogP contribution in [0.5, 0.6) is 0 Å². The van der Waals surface area contributed by atoms with Crippen molar-refractivity contribution in [2.75, 3.05) is 32.8 Å². The molecule has 1 aromatic heterocycles.